The lowest BCUT2D eigenvalue weighted by Gasteiger charge is -2.15. The molecule has 0 aromatic heterocycles. The van der Waals surface area contributed by atoms with Crippen molar-refractivity contribution in [3.05, 3.63) is 59.4 Å². The summed E-state index contributed by atoms with van der Waals surface area (Å²) in [4.78, 5) is 12.3. The molecule has 0 heterocycles. The van der Waals surface area contributed by atoms with Crippen LogP contribution in [0.15, 0.2) is 47.4 Å². The molecule has 6 nitrogen and oxygen atoms in total. The van der Waals surface area contributed by atoms with Gasteiger partial charge in [-0.25, -0.2) is 17.5 Å². The zero-order chi connectivity index (χ0) is 18.6. The number of nitrogens with one attached hydrogen (secondary N) is 2. The number of amides is 1. The quantitative estimate of drug-likeness (QED) is 0.821. The van der Waals surface area contributed by atoms with E-state index in [-0.39, 0.29) is 28.1 Å². The van der Waals surface area contributed by atoms with E-state index in [1.807, 2.05) is 0 Å². The van der Waals surface area contributed by atoms with Gasteiger partial charge in [0.2, 0.25) is 10.0 Å². The van der Waals surface area contributed by atoms with E-state index in [0.717, 1.165) is 5.56 Å². The second-order valence-corrected chi connectivity index (χ2v) is 7.17. The van der Waals surface area contributed by atoms with Crippen molar-refractivity contribution < 1.29 is 22.3 Å². The van der Waals surface area contributed by atoms with E-state index in [1.165, 1.54) is 44.5 Å². The van der Waals surface area contributed by atoms with Crippen molar-refractivity contribution in [3.63, 3.8) is 0 Å². The number of hydrogen-bond acceptors (Lipinski definition) is 4. The van der Waals surface area contributed by atoms with E-state index >= 15 is 0 Å². The van der Waals surface area contributed by atoms with Crippen molar-refractivity contribution in [3.8, 4) is 5.75 Å². The van der Waals surface area contributed by atoms with E-state index in [0.29, 0.717) is 0 Å². The third-order valence-corrected chi connectivity index (χ3v) is 5.14. The van der Waals surface area contributed by atoms with Crippen molar-refractivity contribution in [1.29, 1.82) is 0 Å². The SMILES string of the molecule is CNS(=O)(=O)c1cc(C(=O)N[C@@H](C)c2ccc(F)cc2)ccc1OC. The average Bonchev–Trinajstić information content (AvgIpc) is 2.61. The largest absolute Gasteiger partial charge is 0.495 e. The van der Waals surface area contributed by atoms with Gasteiger partial charge in [-0.1, -0.05) is 12.1 Å². The van der Waals surface area contributed by atoms with Crippen molar-refractivity contribution in [1.82, 2.24) is 10.0 Å². The third-order valence-electron chi connectivity index (χ3n) is 3.70. The average molecular weight is 366 g/mol. The smallest absolute Gasteiger partial charge is 0.251 e. The molecule has 0 bridgehead atoms. The van der Waals surface area contributed by atoms with Crippen molar-refractivity contribution in [2.45, 2.75) is 17.9 Å². The number of sulfonamides is 1. The molecule has 0 aliphatic heterocycles. The topological polar surface area (TPSA) is 84.5 Å². The summed E-state index contributed by atoms with van der Waals surface area (Å²) in [5, 5.41) is 2.75. The molecule has 2 rings (SSSR count). The zero-order valence-electron chi connectivity index (χ0n) is 14.0. The molecular formula is C17H19FN2O4S. The second kappa shape index (κ2) is 7.62. The Labute approximate surface area is 146 Å². The molecule has 8 heteroatoms. The van der Waals surface area contributed by atoms with Crippen LogP contribution in [0.1, 0.15) is 28.9 Å². The number of benzene rings is 2. The van der Waals surface area contributed by atoms with Crippen LogP contribution < -0.4 is 14.8 Å². The highest BCUT2D eigenvalue weighted by molar-refractivity contribution is 7.89. The molecule has 2 aromatic rings. The summed E-state index contributed by atoms with van der Waals surface area (Å²) in [6.07, 6.45) is 0. The van der Waals surface area contributed by atoms with Gasteiger partial charge in [0.1, 0.15) is 16.5 Å². The molecule has 2 N–H and O–H groups in total. The normalized spacial score (nSPS) is 12.5. The Hall–Kier alpha value is -2.45. The van der Waals surface area contributed by atoms with Gasteiger partial charge >= 0.3 is 0 Å². The van der Waals surface area contributed by atoms with E-state index in [9.17, 15) is 17.6 Å². The Morgan fingerprint density at radius 1 is 1.16 bits per heavy atom. The second-order valence-electron chi connectivity index (χ2n) is 5.32. The molecule has 0 aliphatic rings. The predicted molar refractivity (Wildman–Crippen MR) is 91.5 cm³/mol. The Kier molecular flexibility index (Phi) is 5.76. The van der Waals surface area contributed by atoms with Crippen LogP contribution in [0.25, 0.3) is 0 Å². The minimum Gasteiger partial charge on any atom is -0.495 e. The van der Waals surface area contributed by atoms with Gasteiger partial charge in [-0.3, -0.25) is 4.79 Å². The highest BCUT2D eigenvalue weighted by Gasteiger charge is 2.21. The fraction of sp³-hybridized carbons (Fsp3) is 0.235. The number of carbonyl (C=O) groups excluding carboxylic acids is 1. The molecule has 0 spiro atoms. The maximum atomic E-state index is 13.0. The molecule has 0 aliphatic carbocycles. The lowest BCUT2D eigenvalue weighted by atomic mass is 10.1. The molecular weight excluding hydrogens is 347 g/mol. The molecule has 0 radical (unpaired) electrons. The lowest BCUT2D eigenvalue weighted by molar-refractivity contribution is 0.0939. The first-order chi connectivity index (χ1) is 11.8. The number of hydrogen-bond donors (Lipinski definition) is 2. The van der Waals surface area contributed by atoms with Crippen LogP contribution in [0.3, 0.4) is 0 Å². The highest BCUT2D eigenvalue weighted by atomic mass is 32.2. The number of methoxy groups -OCH3 is 1. The van der Waals surface area contributed by atoms with Crippen LogP contribution in [0.2, 0.25) is 0 Å². The fourth-order valence-electron chi connectivity index (χ4n) is 2.25. The third kappa shape index (κ3) is 4.34. The van der Waals surface area contributed by atoms with Crippen molar-refractivity contribution in [2.75, 3.05) is 14.2 Å². The molecule has 0 saturated carbocycles. The lowest BCUT2D eigenvalue weighted by Crippen LogP contribution is -2.27. The fourth-order valence-corrected chi connectivity index (χ4v) is 3.17. The van der Waals surface area contributed by atoms with Crippen LogP contribution in [0.5, 0.6) is 5.75 Å². The van der Waals surface area contributed by atoms with E-state index in [1.54, 1.807) is 19.1 Å². The number of rotatable bonds is 6. The standard InChI is InChI=1S/C17H19FN2O4S/c1-11(12-4-7-14(18)8-5-12)20-17(21)13-6-9-15(24-3)16(10-13)25(22,23)19-2/h4-11,19H,1-3H3,(H,20,21)/t11-/m0/s1. The Balaban J connectivity index is 2.27. The Morgan fingerprint density at radius 2 is 1.80 bits per heavy atom. The first-order valence-corrected chi connectivity index (χ1v) is 8.94. The van der Waals surface area contributed by atoms with Crippen LogP contribution >= 0.6 is 0 Å². The summed E-state index contributed by atoms with van der Waals surface area (Å²) in [5.74, 6) is -0.677. The molecule has 0 unspecified atom stereocenters. The summed E-state index contributed by atoms with van der Waals surface area (Å²) in [7, 11) is -1.16. The summed E-state index contributed by atoms with van der Waals surface area (Å²) in [6, 6.07) is 9.53. The first-order valence-electron chi connectivity index (χ1n) is 7.46. The maximum absolute atomic E-state index is 13.0. The van der Waals surface area contributed by atoms with Gasteiger partial charge in [-0.05, 0) is 49.9 Å². The molecule has 134 valence electrons. The van der Waals surface area contributed by atoms with Gasteiger partial charge in [-0.2, -0.15) is 0 Å². The highest BCUT2D eigenvalue weighted by Crippen LogP contribution is 2.25. The number of ether oxygens (including phenoxy) is 1. The van der Waals surface area contributed by atoms with Gasteiger partial charge in [0, 0.05) is 5.56 Å². The summed E-state index contributed by atoms with van der Waals surface area (Å²) < 4.78 is 44.4. The molecule has 1 amide bonds. The summed E-state index contributed by atoms with van der Waals surface area (Å²) >= 11 is 0. The number of halogens is 1. The maximum Gasteiger partial charge on any atom is 0.251 e. The van der Waals surface area contributed by atoms with Crippen LogP contribution in [0.4, 0.5) is 4.39 Å². The van der Waals surface area contributed by atoms with Crippen LogP contribution in [-0.2, 0) is 10.0 Å². The Morgan fingerprint density at radius 3 is 2.36 bits per heavy atom. The van der Waals surface area contributed by atoms with Gasteiger partial charge in [0.05, 0.1) is 13.2 Å². The molecule has 0 saturated heterocycles. The van der Waals surface area contributed by atoms with Crippen LogP contribution in [-0.4, -0.2) is 28.5 Å². The van der Waals surface area contributed by atoms with Crippen molar-refractivity contribution >= 4 is 15.9 Å². The minimum absolute atomic E-state index is 0.125. The molecule has 2 aromatic carbocycles. The van der Waals surface area contributed by atoms with E-state index in [4.69, 9.17) is 4.74 Å². The molecule has 25 heavy (non-hydrogen) atoms. The molecule has 0 fully saturated rings. The van der Waals surface area contributed by atoms with Gasteiger partial charge in [0.15, 0.2) is 0 Å². The summed E-state index contributed by atoms with van der Waals surface area (Å²) in [5.41, 5.74) is 0.898. The van der Waals surface area contributed by atoms with E-state index in [2.05, 4.69) is 10.0 Å². The monoisotopic (exact) mass is 366 g/mol. The van der Waals surface area contributed by atoms with Crippen molar-refractivity contribution in [2.24, 2.45) is 0 Å². The van der Waals surface area contributed by atoms with Gasteiger partial charge in [0.25, 0.3) is 5.91 Å². The molecule has 1 atom stereocenters. The minimum atomic E-state index is -3.78. The zero-order valence-corrected chi connectivity index (χ0v) is 14.9. The van der Waals surface area contributed by atoms with E-state index < -0.39 is 15.9 Å². The predicted octanol–water partition coefficient (Wildman–Crippen LogP) is 2.23. The van der Waals surface area contributed by atoms with Gasteiger partial charge in [-0.15, -0.1) is 0 Å². The Bertz CT molecular complexity index is 867. The number of carbonyl (C=O) groups is 1. The first kappa shape index (κ1) is 18.9. The van der Waals surface area contributed by atoms with Gasteiger partial charge < -0.3 is 10.1 Å². The summed E-state index contributed by atoms with van der Waals surface area (Å²) in [6.45, 7) is 1.75. The van der Waals surface area contributed by atoms with Crippen LogP contribution in [0, 0.1) is 5.82 Å².